The Labute approximate surface area is 235 Å². The van der Waals surface area contributed by atoms with Gasteiger partial charge in [-0.3, -0.25) is 0 Å². The summed E-state index contributed by atoms with van der Waals surface area (Å²) in [4.78, 5) is 0. The van der Waals surface area contributed by atoms with Gasteiger partial charge in [-0.25, -0.2) is 17.6 Å². The van der Waals surface area contributed by atoms with Crippen LogP contribution in [0.25, 0.3) is 33.4 Å². The molecule has 0 unspecified atom stereocenters. The lowest BCUT2D eigenvalue weighted by molar-refractivity contribution is 0.590. The number of benzene rings is 3. The van der Waals surface area contributed by atoms with E-state index in [4.69, 9.17) is 0 Å². The molecule has 10 heteroatoms. The predicted octanol–water partition coefficient (Wildman–Crippen LogP) is 6.74. The van der Waals surface area contributed by atoms with Gasteiger partial charge < -0.3 is 0 Å². The molecule has 42 heavy (non-hydrogen) atoms. The Morgan fingerprint density at radius 2 is 0.762 bits per heavy atom. The summed E-state index contributed by atoms with van der Waals surface area (Å²) in [5.41, 5.74) is -6.28. The molecule has 0 amide bonds. The van der Waals surface area contributed by atoms with E-state index in [1.54, 1.807) is 36.4 Å². The maximum absolute atomic E-state index is 16.9. The van der Waals surface area contributed by atoms with Crippen molar-refractivity contribution in [3.8, 4) is 36.4 Å². The first-order valence-electron chi connectivity index (χ1n) is 11.7. The Bertz CT molecular complexity index is 1970. The van der Waals surface area contributed by atoms with Crippen LogP contribution >= 0.6 is 0 Å². The number of fused-ring (bicyclic) bond motifs is 2. The quantitative estimate of drug-likeness (QED) is 0.254. The Hall–Kier alpha value is -6.72. The van der Waals surface area contributed by atoms with Crippen molar-refractivity contribution in [2.24, 2.45) is 0 Å². The molecule has 2 aliphatic carbocycles. The molecule has 0 atom stereocenters. The molecular formula is C32H8F4N6. The van der Waals surface area contributed by atoms with E-state index in [9.17, 15) is 40.4 Å². The van der Waals surface area contributed by atoms with Crippen LogP contribution in [0.4, 0.5) is 17.6 Å². The predicted molar refractivity (Wildman–Crippen MR) is 140 cm³/mol. The molecule has 0 bridgehead atoms. The first-order valence-corrected chi connectivity index (χ1v) is 11.7. The minimum Gasteiger partial charge on any atom is -0.207 e. The maximum Gasteiger partial charge on any atom is 0.141 e. The van der Waals surface area contributed by atoms with E-state index in [0.717, 1.165) is 24.3 Å². The first kappa shape index (κ1) is 26.9. The van der Waals surface area contributed by atoms with Gasteiger partial charge in [0.1, 0.15) is 70.8 Å². The van der Waals surface area contributed by atoms with Crippen LogP contribution in [0.15, 0.2) is 59.7 Å². The summed E-state index contributed by atoms with van der Waals surface area (Å²) in [6.07, 6.45) is 0. The first-order chi connectivity index (χ1) is 20.3. The summed E-state index contributed by atoms with van der Waals surface area (Å²) in [7, 11) is 0. The molecule has 3 aromatic carbocycles. The third kappa shape index (κ3) is 3.66. The Balaban J connectivity index is 2.03. The van der Waals surface area contributed by atoms with E-state index in [-0.39, 0.29) is 22.3 Å². The van der Waals surface area contributed by atoms with Gasteiger partial charge in [0.05, 0.1) is 11.1 Å². The Kier molecular flexibility index (Phi) is 6.47. The van der Waals surface area contributed by atoms with Gasteiger partial charge in [0, 0.05) is 44.5 Å². The number of hydrogen-bond donors (Lipinski definition) is 0. The van der Waals surface area contributed by atoms with Gasteiger partial charge in [-0.2, -0.15) is 31.6 Å². The van der Waals surface area contributed by atoms with Crippen molar-refractivity contribution in [3.05, 3.63) is 116 Å². The summed E-state index contributed by atoms with van der Waals surface area (Å²) in [6, 6.07) is 18.9. The highest BCUT2D eigenvalue weighted by Gasteiger charge is 2.44. The Morgan fingerprint density at radius 3 is 1.05 bits per heavy atom. The van der Waals surface area contributed by atoms with Crippen molar-refractivity contribution in [1.82, 2.24) is 0 Å². The average Bonchev–Trinajstić information content (AvgIpc) is 3.53. The van der Waals surface area contributed by atoms with Gasteiger partial charge in [0.25, 0.3) is 0 Å². The van der Waals surface area contributed by atoms with E-state index in [1.807, 2.05) is 0 Å². The van der Waals surface area contributed by atoms with Gasteiger partial charge in [-0.15, -0.1) is 0 Å². The molecule has 0 saturated heterocycles. The van der Waals surface area contributed by atoms with Crippen LogP contribution in [0.2, 0.25) is 0 Å². The molecule has 0 spiro atoms. The largest absolute Gasteiger partial charge is 0.207 e. The zero-order valence-corrected chi connectivity index (χ0v) is 20.8. The number of nitrogens with zero attached hydrogens (tertiary/aromatic N) is 6. The maximum atomic E-state index is 16.9. The van der Waals surface area contributed by atoms with Crippen molar-refractivity contribution < 1.29 is 17.6 Å². The molecule has 5 rings (SSSR count). The van der Waals surface area contributed by atoms with Crippen LogP contribution in [-0.4, -0.2) is 0 Å². The minimum atomic E-state index is -1.31. The fourth-order valence-corrected chi connectivity index (χ4v) is 5.19. The van der Waals surface area contributed by atoms with E-state index < -0.39 is 79.0 Å². The molecule has 0 radical (unpaired) electrons. The van der Waals surface area contributed by atoms with Gasteiger partial charge in [0.15, 0.2) is 0 Å². The highest BCUT2D eigenvalue weighted by atomic mass is 19.1. The molecule has 0 saturated carbocycles. The smallest absolute Gasteiger partial charge is 0.141 e. The summed E-state index contributed by atoms with van der Waals surface area (Å²) in [5, 5.41) is 59.3. The highest BCUT2D eigenvalue weighted by molar-refractivity contribution is 6.30. The van der Waals surface area contributed by atoms with Crippen molar-refractivity contribution in [3.63, 3.8) is 0 Å². The summed E-state index contributed by atoms with van der Waals surface area (Å²) < 4.78 is 61.0. The third-order valence-electron chi connectivity index (χ3n) is 6.81. The fourth-order valence-electron chi connectivity index (χ4n) is 5.19. The van der Waals surface area contributed by atoms with Crippen LogP contribution in [-0.2, 0) is 0 Å². The van der Waals surface area contributed by atoms with Gasteiger partial charge in [-0.05, 0) is 35.4 Å². The van der Waals surface area contributed by atoms with E-state index in [2.05, 4.69) is 0 Å². The second kappa shape index (κ2) is 10.1. The lowest BCUT2D eigenvalue weighted by atomic mass is 9.88. The minimum absolute atomic E-state index is 0.0645. The lowest BCUT2D eigenvalue weighted by Crippen LogP contribution is -2.05. The number of hydrogen-bond acceptors (Lipinski definition) is 6. The van der Waals surface area contributed by atoms with Gasteiger partial charge in [-0.1, -0.05) is 24.3 Å². The number of allylic oxidation sites excluding steroid dienone is 8. The van der Waals surface area contributed by atoms with E-state index in [1.165, 1.54) is 24.3 Å². The lowest BCUT2D eigenvalue weighted by Gasteiger charge is -2.14. The summed E-state index contributed by atoms with van der Waals surface area (Å²) in [6.45, 7) is 0. The molecule has 6 nitrogen and oxygen atoms in total. The van der Waals surface area contributed by atoms with Crippen molar-refractivity contribution in [1.29, 1.82) is 31.6 Å². The zero-order chi connectivity index (χ0) is 30.3. The molecule has 3 aromatic rings. The highest BCUT2D eigenvalue weighted by Crippen LogP contribution is 2.57. The molecule has 0 aliphatic heterocycles. The van der Waals surface area contributed by atoms with Gasteiger partial charge in [0.2, 0.25) is 0 Å². The normalized spacial score (nSPS) is 12.8. The molecule has 194 valence electrons. The summed E-state index contributed by atoms with van der Waals surface area (Å²) in [5.74, 6) is -3.93. The molecule has 0 heterocycles. The molecule has 0 aromatic heterocycles. The second-order valence-electron chi connectivity index (χ2n) is 8.81. The third-order valence-corrected chi connectivity index (χ3v) is 6.81. The topological polar surface area (TPSA) is 143 Å². The second-order valence-corrected chi connectivity index (χ2v) is 8.81. The molecule has 0 fully saturated rings. The van der Waals surface area contributed by atoms with E-state index in [0.29, 0.717) is 0 Å². The van der Waals surface area contributed by atoms with Crippen LogP contribution in [0.5, 0.6) is 0 Å². The monoisotopic (exact) mass is 552 g/mol. The number of halogens is 4. The molecule has 0 N–H and O–H groups in total. The number of rotatable bonds is 2. The van der Waals surface area contributed by atoms with Gasteiger partial charge >= 0.3 is 0 Å². The Morgan fingerprint density at radius 1 is 0.452 bits per heavy atom. The zero-order valence-electron chi connectivity index (χ0n) is 20.8. The van der Waals surface area contributed by atoms with Crippen molar-refractivity contribution in [2.45, 2.75) is 0 Å². The van der Waals surface area contributed by atoms with Crippen LogP contribution in [0.3, 0.4) is 0 Å². The average molecular weight is 552 g/mol. The van der Waals surface area contributed by atoms with Crippen molar-refractivity contribution >= 4 is 33.4 Å². The summed E-state index contributed by atoms with van der Waals surface area (Å²) >= 11 is 0. The van der Waals surface area contributed by atoms with Crippen LogP contribution < -0.4 is 0 Å². The van der Waals surface area contributed by atoms with Crippen LogP contribution in [0, 0.1) is 91.3 Å². The SMILES string of the molecule is N#CC(C#N)=C1C(c2ccc(F)cc2)=C(C#N)c2c(F)c3c(c(F)c21)C(=C(C#N)C#N)C(c1ccc(F)cc1)=C3C#N. The van der Waals surface area contributed by atoms with Crippen molar-refractivity contribution in [2.75, 3.05) is 0 Å². The number of nitriles is 6. The standard InChI is InChI=1S/C32H8F4N6/c33-19-5-1-15(2-6-19)23-21(13-41)27-29(25(23)17(9-37)10-38)32(36)30-26(18(11-39)12-40)24(16-3-7-20(34)8-4-16)22(14-42)28(30)31(27)35/h1-8H. The molecular weight excluding hydrogens is 544 g/mol. The molecule has 2 aliphatic rings. The van der Waals surface area contributed by atoms with Crippen LogP contribution in [0.1, 0.15) is 33.4 Å². The fraction of sp³-hybridized carbons (Fsp3) is 0. The van der Waals surface area contributed by atoms with E-state index >= 15 is 8.78 Å².